The number of benzene rings is 1. The van der Waals surface area contributed by atoms with Gasteiger partial charge >= 0.3 is 0 Å². The van der Waals surface area contributed by atoms with Gasteiger partial charge < -0.3 is 9.90 Å². The lowest BCUT2D eigenvalue weighted by Crippen LogP contribution is -2.22. The van der Waals surface area contributed by atoms with Gasteiger partial charge in [0, 0.05) is 12.2 Å². The number of carbonyl (C=O) groups excluding carboxylic acids is 1. The molecule has 1 aromatic rings. The monoisotopic (exact) mass is 188 g/mol. The summed E-state index contributed by atoms with van der Waals surface area (Å²) in [5.41, 5.74) is 2.21. The van der Waals surface area contributed by atoms with Crippen LogP contribution in [0.25, 0.3) is 0 Å². The summed E-state index contributed by atoms with van der Waals surface area (Å²) in [7, 11) is 0. The molecule has 3 heteroatoms. The molecule has 0 unspecified atom stereocenters. The Balaban J connectivity index is 2.11. The van der Waals surface area contributed by atoms with E-state index in [0.29, 0.717) is 6.42 Å². The molecule has 0 bridgehead atoms. The number of carbonyl (C=O) groups is 1. The Morgan fingerprint density at radius 3 is 3.00 bits per heavy atom. The summed E-state index contributed by atoms with van der Waals surface area (Å²) >= 11 is 0. The molecule has 72 valence electrons. The second-order valence-corrected chi connectivity index (χ2v) is 3.33. The first-order chi connectivity index (χ1) is 6.77. The number of carboxylic acid groups (broad SMARTS) is 1. The molecule has 1 aliphatic heterocycles. The van der Waals surface area contributed by atoms with Crippen molar-refractivity contribution in [1.82, 2.24) is 0 Å². The van der Waals surface area contributed by atoms with Crippen molar-refractivity contribution >= 4 is 12.2 Å². The van der Waals surface area contributed by atoms with Crippen LogP contribution in [0.4, 0.5) is 0 Å². The van der Waals surface area contributed by atoms with E-state index in [1.54, 1.807) is 6.21 Å². The Bertz CT molecular complexity index is 385. The van der Waals surface area contributed by atoms with Crippen molar-refractivity contribution < 1.29 is 9.90 Å². The van der Waals surface area contributed by atoms with E-state index in [1.807, 2.05) is 24.3 Å². The third kappa shape index (κ3) is 1.66. The van der Waals surface area contributed by atoms with Gasteiger partial charge in [-0.2, -0.15) is 0 Å². The van der Waals surface area contributed by atoms with Crippen LogP contribution in [0.5, 0.6) is 0 Å². The molecular weight excluding hydrogens is 178 g/mol. The zero-order valence-electron chi connectivity index (χ0n) is 7.64. The van der Waals surface area contributed by atoms with Gasteiger partial charge in [0.15, 0.2) is 0 Å². The highest BCUT2D eigenvalue weighted by atomic mass is 16.4. The van der Waals surface area contributed by atoms with Crippen molar-refractivity contribution in [1.29, 1.82) is 0 Å². The average Bonchev–Trinajstić information content (AvgIpc) is 2.58. The van der Waals surface area contributed by atoms with Crippen LogP contribution in [0.2, 0.25) is 0 Å². The zero-order chi connectivity index (χ0) is 9.97. The fraction of sp³-hybridized carbons (Fsp3) is 0.273. The summed E-state index contributed by atoms with van der Waals surface area (Å²) < 4.78 is 0. The fourth-order valence-electron chi connectivity index (χ4n) is 1.67. The number of nitrogens with zero attached hydrogens (tertiary/aromatic N) is 1. The van der Waals surface area contributed by atoms with Gasteiger partial charge in [0.25, 0.3) is 0 Å². The van der Waals surface area contributed by atoms with Crippen molar-refractivity contribution in [3.63, 3.8) is 0 Å². The molecule has 0 saturated carbocycles. The van der Waals surface area contributed by atoms with Gasteiger partial charge in [-0.3, -0.25) is 4.99 Å². The van der Waals surface area contributed by atoms with E-state index in [-0.39, 0.29) is 12.5 Å². The molecule has 0 amide bonds. The van der Waals surface area contributed by atoms with E-state index in [1.165, 1.54) is 0 Å². The third-order valence-corrected chi connectivity index (χ3v) is 2.37. The Labute approximate surface area is 82.1 Å². The predicted octanol–water partition coefficient (Wildman–Crippen LogP) is 0.690. The minimum atomic E-state index is -1.01. The summed E-state index contributed by atoms with van der Waals surface area (Å²) in [6.07, 6.45) is 2.39. The summed E-state index contributed by atoms with van der Waals surface area (Å²) in [5.74, 6) is -1.01. The van der Waals surface area contributed by atoms with Crippen molar-refractivity contribution in [3.8, 4) is 0 Å². The maximum absolute atomic E-state index is 10.3. The number of aliphatic carboxylic acids is 1. The van der Waals surface area contributed by atoms with Crippen LogP contribution in [0.3, 0.4) is 0 Å². The standard InChI is InChI=1S/C11H11NO2/c13-11(14)6-5-10-9-4-2-1-3-8(9)7-12-10/h1-4,7,10H,5-6H2,(H,13,14)/p-1/t10-/m1/s1. The normalized spacial score (nSPS) is 18.1. The first-order valence-electron chi connectivity index (χ1n) is 4.59. The molecule has 0 saturated heterocycles. The van der Waals surface area contributed by atoms with Crippen LogP contribution in [-0.4, -0.2) is 12.2 Å². The number of aliphatic imine (C=N–C) groups is 1. The van der Waals surface area contributed by atoms with Crippen LogP contribution in [0.15, 0.2) is 29.3 Å². The Hall–Kier alpha value is -1.64. The molecular formula is C11H10NO2-. The van der Waals surface area contributed by atoms with Crippen LogP contribution >= 0.6 is 0 Å². The number of rotatable bonds is 3. The molecule has 1 aromatic carbocycles. The van der Waals surface area contributed by atoms with Crippen molar-refractivity contribution in [2.75, 3.05) is 0 Å². The lowest BCUT2D eigenvalue weighted by atomic mass is 10.0. The Kier molecular flexibility index (Phi) is 2.31. The van der Waals surface area contributed by atoms with E-state index in [9.17, 15) is 9.90 Å². The number of fused-ring (bicyclic) bond motifs is 1. The third-order valence-electron chi connectivity index (χ3n) is 2.37. The van der Waals surface area contributed by atoms with Gasteiger partial charge in [-0.05, 0) is 24.0 Å². The molecule has 0 fully saturated rings. The molecule has 0 N–H and O–H groups in total. The van der Waals surface area contributed by atoms with E-state index in [2.05, 4.69) is 4.99 Å². The molecule has 0 radical (unpaired) electrons. The van der Waals surface area contributed by atoms with Gasteiger partial charge in [-0.1, -0.05) is 24.3 Å². The van der Waals surface area contributed by atoms with E-state index in [0.717, 1.165) is 11.1 Å². The Morgan fingerprint density at radius 2 is 2.21 bits per heavy atom. The van der Waals surface area contributed by atoms with E-state index in [4.69, 9.17) is 0 Å². The van der Waals surface area contributed by atoms with Gasteiger partial charge in [0.2, 0.25) is 0 Å². The highest BCUT2D eigenvalue weighted by Gasteiger charge is 2.17. The summed E-state index contributed by atoms with van der Waals surface area (Å²) in [5, 5.41) is 10.3. The zero-order valence-corrected chi connectivity index (χ0v) is 7.64. The van der Waals surface area contributed by atoms with Crippen LogP contribution in [0.1, 0.15) is 30.0 Å². The van der Waals surface area contributed by atoms with Crippen LogP contribution < -0.4 is 5.11 Å². The molecule has 1 atom stereocenters. The summed E-state index contributed by atoms with van der Waals surface area (Å²) in [4.78, 5) is 14.6. The molecule has 3 nitrogen and oxygen atoms in total. The molecule has 0 spiro atoms. The lowest BCUT2D eigenvalue weighted by molar-refractivity contribution is -0.305. The van der Waals surface area contributed by atoms with Crippen LogP contribution in [0, 0.1) is 0 Å². The van der Waals surface area contributed by atoms with Gasteiger partial charge in [0.05, 0.1) is 6.04 Å². The largest absolute Gasteiger partial charge is 0.550 e. The van der Waals surface area contributed by atoms with E-state index >= 15 is 0 Å². The second-order valence-electron chi connectivity index (χ2n) is 3.33. The minimum Gasteiger partial charge on any atom is -0.550 e. The highest BCUT2D eigenvalue weighted by Crippen LogP contribution is 2.29. The number of hydrogen-bond donors (Lipinski definition) is 0. The Morgan fingerprint density at radius 1 is 1.43 bits per heavy atom. The topological polar surface area (TPSA) is 52.5 Å². The maximum atomic E-state index is 10.3. The molecule has 1 heterocycles. The smallest absolute Gasteiger partial charge is 0.0759 e. The quantitative estimate of drug-likeness (QED) is 0.700. The number of hydrogen-bond acceptors (Lipinski definition) is 3. The van der Waals surface area contributed by atoms with Crippen molar-refractivity contribution in [2.45, 2.75) is 18.9 Å². The molecule has 1 aliphatic rings. The van der Waals surface area contributed by atoms with Crippen molar-refractivity contribution in [3.05, 3.63) is 35.4 Å². The lowest BCUT2D eigenvalue weighted by Gasteiger charge is -2.09. The second kappa shape index (κ2) is 3.62. The summed E-state index contributed by atoms with van der Waals surface area (Å²) in [6.45, 7) is 0. The molecule has 2 rings (SSSR count). The maximum Gasteiger partial charge on any atom is 0.0759 e. The SMILES string of the molecule is O=C([O-])CC[C@H]1N=Cc2ccccc21. The first-order valence-corrected chi connectivity index (χ1v) is 4.59. The van der Waals surface area contributed by atoms with Crippen LogP contribution in [-0.2, 0) is 4.79 Å². The van der Waals surface area contributed by atoms with Crippen molar-refractivity contribution in [2.24, 2.45) is 4.99 Å². The molecule has 14 heavy (non-hydrogen) atoms. The fourth-order valence-corrected chi connectivity index (χ4v) is 1.67. The predicted molar refractivity (Wildman–Crippen MR) is 51.0 cm³/mol. The first kappa shape index (κ1) is 8.94. The van der Waals surface area contributed by atoms with Gasteiger partial charge in [-0.15, -0.1) is 0 Å². The summed E-state index contributed by atoms with van der Waals surface area (Å²) in [6, 6.07) is 7.87. The van der Waals surface area contributed by atoms with E-state index < -0.39 is 5.97 Å². The van der Waals surface area contributed by atoms with Gasteiger partial charge in [0.1, 0.15) is 0 Å². The number of carboxylic acids is 1. The molecule has 0 aliphatic carbocycles. The average molecular weight is 188 g/mol. The molecule has 0 aromatic heterocycles. The van der Waals surface area contributed by atoms with Gasteiger partial charge in [-0.25, -0.2) is 0 Å². The highest BCUT2D eigenvalue weighted by molar-refractivity contribution is 5.85. The minimum absolute atomic E-state index is 0.00380.